The van der Waals surface area contributed by atoms with Gasteiger partial charge in [0, 0.05) is 56.2 Å². The van der Waals surface area contributed by atoms with E-state index in [1.54, 1.807) is 6.92 Å². The topological polar surface area (TPSA) is 190 Å². The van der Waals surface area contributed by atoms with E-state index < -0.39 is 70.4 Å². The maximum atomic E-state index is 14.5. The molecule has 2 saturated carbocycles. The van der Waals surface area contributed by atoms with Crippen LogP contribution in [0.2, 0.25) is 0 Å². The number of halogens is 6. The molecule has 9 rings (SSSR count). The van der Waals surface area contributed by atoms with Crippen LogP contribution in [-0.4, -0.2) is 134 Å². The summed E-state index contributed by atoms with van der Waals surface area (Å²) in [5.41, 5.74) is -4.07. The SMILES string of the molecule is C[C@@H](OCC12CCC(CC1)OC2)[C@H](NC(=O)[C@@H]1CN(C(=O)c2cnn(Cc3ccc(C(F)(F)F)cc3)c2)CC12CN(C(=O)C1(C(F)(F)F)CC1)C2)C(=O)NCCc1nn[nH]n1. The quantitative estimate of drug-likeness (QED) is 0.203. The van der Waals surface area contributed by atoms with Crippen LogP contribution in [0.1, 0.15) is 72.8 Å². The highest BCUT2D eigenvalue weighted by molar-refractivity contribution is 5.96. The fourth-order valence-electron chi connectivity index (χ4n) is 9.18. The van der Waals surface area contributed by atoms with Crippen molar-refractivity contribution in [1.29, 1.82) is 0 Å². The van der Waals surface area contributed by atoms with Gasteiger partial charge in [-0.15, -0.1) is 10.2 Å². The molecule has 0 unspecified atom stereocenters. The van der Waals surface area contributed by atoms with Crippen LogP contribution in [0.25, 0.3) is 0 Å². The van der Waals surface area contributed by atoms with Crippen LogP contribution in [-0.2, 0) is 43.0 Å². The van der Waals surface area contributed by atoms with Crippen LogP contribution in [0.15, 0.2) is 36.7 Å². The van der Waals surface area contributed by atoms with Crippen molar-refractivity contribution in [1.82, 2.24) is 50.8 Å². The Hall–Kier alpha value is -5.12. The number of benzene rings is 1. The van der Waals surface area contributed by atoms with E-state index in [4.69, 9.17) is 9.47 Å². The summed E-state index contributed by atoms with van der Waals surface area (Å²) in [5.74, 6) is -3.54. The van der Waals surface area contributed by atoms with Crippen LogP contribution in [0.3, 0.4) is 0 Å². The number of carbonyl (C=O) groups is 4. The van der Waals surface area contributed by atoms with Gasteiger partial charge in [-0.2, -0.15) is 36.7 Å². The second-order valence-corrected chi connectivity index (χ2v) is 17.3. The zero-order valence-corrected chi connectivity index (χ0v) is 33.2. The van der Waals surface area contributed by atoms with Crippen LogP contribution >= 0.6 is 0 Å². The number of nitrogens with zero attached hydrogens (tertiary/aromatic N) is 7. The standard InChI is InChI=1S/C39H46F6N10O6/c1-23(60-21-35-9-6-27(7-10-35)61-22-35)30(32(57)46-13-8-29-49-51-52-50-29)48-31(56)28-17-53(18-36(28)19-54(20-36)34(59)37(11-12-37)39(43,44)45)33(58)25-14-47-55(16-25)15-24-2-4-26(5-3-24)38(40,41)42/h2-5,14,16,23,27-28,30H,6-13,15,17-22H2,1H3,(H,46,57)(H,48,56)(H,49,50,51,52)/t23-,27?,28+,30+,35?/m1/s1. The highest BCUT2D eigenvalue weighted by Crippen LogP contribution is 2.60. The predicted octanol–water partition coefficient (Wildman–Crippen LogP) is 2.91. The highest BCUT2D eigenvalue weighted by Gasteiger charge is 2.71. The zero-order chi connectivity index (χ0) is 43.4. The van der Waals surface area contributed by atoms with Crippen molar-refractivity contribution in [2.24, 2.45) is 22.2 Å². The van der Waals surface area contributed by atoms with E-state index >= 15 is 0 Å². The normalized spacial score (nSPS) is 24.9. The smallest absolute Gasteiger partial charge is 0.378 e. The molecule has 6 aliphatic rings. The van der Waals surface area contributed by atoms with Crippen molar-refractivity contribution < 1.29 is 55.0 Å². The molecule has 2 aliphatic carbocycles. The van der Waals surface area contributed by atoms with Crippen LogP contribution in [0.4, 0.5) is 26.3 Å². The molecule has 16 nitrogen and oxygen atoms in total. The lowest BCUT2D eigenvalue weighted by Gasteiger charge is -2.51. The molecule has 4 aliphatic heterocycles. The van der Waals surface area contributed by atoms with Crippen LogP contribution < -0.4 is 10.6 Å². The minimum Gasteiger partial charge on any atom is -0.378 e. The van der Waals surface area contributed by atoms with Gasteiger partial charge in [0.05, 0.1) is 55.2 Å². The number of carbonyl (C=O) groups excluding carboxylic acids is 4. The van der Waals surface area contributed by atoms with E-state index in [-0.39, 0.29) is 82.2 Å². The van der Waals surface area contributed by atoms with Crippen molar-refractivity contribution in [3.63, 3.8) is 0 Å². The van der Waals surface area contributed by atoms with Gasteiger partial charge in [0.25, 0.3) is 5.91 Å². The Labute approximate surface area is 345 Å². The fourth-order valence-corrected chi connectivity index (χ4v) is 9.18. The van der Waals surface area contributed by atoms with Gasteiger partial charge in [0.15, 0.2) is 5.82 Å². The Morgan fingerprint density at radius 1 is 1.00 bits per heavy atom. The second kappa shape index (κ2) is 16.0. The number of aromatic nitrogens is 6. The molecule has 6 heterocycles. The number of H-pyrrole nitrogens is 1. The van der Waals surface area contributed by atoms with Crippen LogP contribution in [0, 0.1) is 22.2 Å². The molecular formula is C39H46F6N10O6. The third kappa shape index (κ3) is 8.56. The molecule has 61 heavy (non-hydrogen) atoms. The molecule has 3 aromatic rings. The van der Waals surface area contributed by atoms with Crippen molar-refractivity contribution in [3.05, 3.63) is 59.2 Å². The first-order chi connectivity index (χ1) is 28.9. The van der Waals surface area contributed by atoms with Gasteiger partial charge in [-0.25, -0.2) is 0 Å². The molecule has 1 spiro atoms. The lowest BCUT2D eigenvalue weighted by atomic mass is 9.70. The average Bonchev–Trinajstić information content (AvgIpc) is 3.49. The van der Waals surface area contributed by atoms with Gasteiger partial charge >= 0.3 is 12.4 Å². The van der Waals surface area contributed by atoms with Crippen molar-refractivity contribution in [2.75, 3.05) is 45.9 Å². The summed E-state index contributed by atoms with van der Waals surface area (Å²) in [5, 5.41) is 23.5. The summed E-state index contributed by atoms with van der Waals surface area (Å²) in [6.07, 6.45) is -4.04. The van der Waals surface area contributed by atoms with Crippen LogP contribution in [0.5, 0.6) is 0 Å². The van der Waals surface area contributed by atoms with E-state index in [2.05, 4.69) is 36.4 Å². The van der Waals surface area contributed by atoms with Gasteiger partial charge in [-0.1, -0.05) is 17.3 Å². The lowest BCUT2D eigenvalue weighted by Crippen LogP contribution is -2.67. The van der Waals surface area contributed by atoms with E-state index in [9.17, 15) is 45.5 Å². The molecule has 4 saturated heterocycles. The maximum Gasteiger partial charge on any atom is 0.416 e. The molecule has 6 fully saturated rings. The lowest BCUT2D eigenvalue weighted by molar-refractivity contribution is -0.205. The number of alkyl halides is 6. The van der Waals surface area contributed by atoms with Crippen molar-refractivity contribution >= 4 is 23.6 Å². The number of tetrazole rings is 1. The summed E-state index contributed by atoms with van der Waals surface area (Å²) in [7, 11) is 0. The molecule has 2 bridgehead atoms. The molecule has 1 aromatic carbocycles. The van der Waals surface area contributed by atoms with Gasteiger partial charge < -0.3 is 29.9 Å². The minimum absolute atomic E-state index is 0.0475. The van der Waals surface area contributed by atoms with Gasteiger partial charge in [-0.3, -0.25) is 23.9 Å². The summed E-state index contributed by atoms with van der Waals surface area (Å²) < 4.78 is 94.9. The number of nitrogens with one attached hydrogen (secondary N) is 3. The first-order valence-electron chi connectivity index (χ1n) is 20.3. The Bertz CT molecular complexity index is 2080. The monoisotopic (exact) mass is 864 g/mol. The number of amides is 4. The Balaban J connectivity index is 0.995. The molecular weight excluding hydrogens is 818 g/mol. The number of fused-ring (bicyclic) bond motifs is 3. The van der Waals surface area contributed by atoms with Gasteiger partial charge in [0.1, 0.15) is 11.5 Å². The summed E-state index contributed by atoms with van der Waals surface area (Å²) in [6.45, 7) is 1.87. The number of rotatable bonds is 14. The molecule has 3 N–H and O–H groups in total. The summed E-state index contributed by atoms with van der Waals surface area (Å²) >= 11 is 0. The molecule has 2 aromatic heterocycles. The maximum absolute atomic E-state index is 14.5. The third-order valence-electron chi connectivity index (χ3n) is 13.1. The van der Waals surface area contributed by atoms with Gasteiger partial charge in [-0.05, 0) is 63.1 Å². The van der Waals surface area contributed by atoms with Crippen molar-refractivity contribution in [2.45, 2.75) is 89.0 Å². The average molecular weight is 865 g/mol. The van der Waals surface area contributed by atoms with E-state index in [1.165, 1.54) is 34.1 Å². The van der Waals surface area contributed by atoms with E-state index in [0.29, 0.717) is 18.0 Å². The fraction of sp³-hybridized carbons (Fsp3) is 0.641. The first kappa shape index (κ1) is 42.6. The molecule has 3 atom stereocenters. The Morgan fingerprint density at radius 2 is 1.70 bits per heavy atom. The van der Waals surface area contributed by atoms with Crippen molar-refractivity contribution in [3.8, 4) is 0 Å². The number of hydrogen-bond donors (Lipinski definition) is 3. The third-order valence-corrected chi connectivity index (χ3v) is 13.1. The molecule has 0 radical (unpaired) electrons. The van der Waals surface area contributed by atoms with E-state index in [0.717, 1.165) is 42.7 Å². The number of likely N-dealkylation sites (tertiary alicyclic amines) is 2. The first-order valence-corrected chi connectivity index (χ1v) is 20.3. The number of aromatic amines is 1. The molecule has 330 valence electrons. The highest BCUT2D eigenvalue weighted by atomic mass is 19.4. The summed E-state index contributed by atoms with van der Waals surface area (Å²) in [6, 6.07) is 3.25. The Morgan fingerprint density at radius 3 is 2.31 bits per heavy atom. The number of hydrogen-bond acceptors (Lipinski definition) is 10. The molecule has 22 heteroatoms. The number of ether oxygens (including phenoxy) is 2. The van der Waals surface area contributed by atoms with Gasteiger partial charge in [0.2, 0.25) is 17.7 Å². The zero-order valence-electron chi connectivity index (χ0n) is 33.2. The van der Waals surface area contributed by atoms with E-state index in [1.807, 2.05) is 0 Å². The second-order valence-electron chi connectivity index (χ2n) is 17.3. The largest absolute Gasteiger partial charge is 0.416 e. The molecule has 4 amide bonds. The summed E-state index contributed by atoms with van der Waals surface area (Å²) in [4.78, 5) is 58.1. The minimum atomic E-state index is -4.75. The Kier molecular flexibility index (Phi) is 11.1. The predicted molar refractivity (Wildman–Crippen MR) is 198 cm³/mol.